The fourth-order valence-electron chi connectivity index (χ4n) is 4.55. The van der Waals surface area contributed by atoms with Gasteiger partial charge in [-0.15, -0.1) is 0 Å². The van der Waals surface area contributed by atoms with Crippen molar-refractivity contribution in [1.82, 2.24) is 0 Å². The van der Waals surface area contributed by atoms with Crippen LogP contribution in [0.4, 0.5) is 0 Å². The van der Waals surface area contributed by atoms with Crippen LogP contribution in [0.25, 0.3) is 0 Å². The van der Waals surface area contributed by atoms with Crippen molar-refractivity contribution in [2.75, 3.05) is 20.1 Å². The minimum atomic E-state index is -0.696. The Morgan fingerprint density at radius 3 is 1.45 bits per heavy atom. The molecule has 4 heteroatoms. The summed E-state index contributed by atoms with van der Waals surface area (Å²) in [6, 6.07) is 0.139. The number of rotatable bonds is 23. The summed E-state index contributed by atoms with van der Waals surface area (Å²) in [5.74, 6) is -0.696. The number of carboxylic acids is 1. The van der Waals surface area contributed by atoms with Gasteiger partial charge in [-0.1, -0.05) is 110 Å². The number of carbonyl (C=O) groups is 1. The average Bonchev–Trinajstić information content (AvgIpc) is 2.70. The number of halogens is 1. The molecule has 0 aromatic heterocycles. The first-order chi connectivity index (χ1) is 14.5. The lowest BCUT2D eigenvalue weighted by Crippen LogP contribution is -3.00. The summed E-state index contributed by atoms with van der Waals surface area (Å²) in [5, 5.41) is 9.35. The highest BCUT2D eigenvalue weighted by molar-refractivity contribution is 5.67. The minimum Gasteiger partial charge on any atom is -1.00 e. The molecule has 0 bridgehead atoms. The van der Waals surface area contributed by atoms with Crippen LogP contribution in [0.5, 0.6) is 0 Å². The van der Waals surface area contributed by atoms with Gasteiger partial charge in [0.05, 0.1) is 32.6 Å². The van der Waals surface area contributed by atoms with Crippen molar-refractivity contribution >= 4 is 5.97 Å². The quantitative estimate of drug-likeness (QED) is 0.134. The normalized spacial score (nSPS) is 12.2. The van der Waals surface area contributed by atoms with Crippen LogP contribution in [-0.2, 0) is 4.79 Å². The van der Waals surface area contributed by atoms with E-state index in [4.69, 9.17) is 0 Å². The number of unbranched alkanes of at least 4 members (excludes halogenated alkanes) is 14. The Hall–Kier alpha value is -0.800. The number of aliphatic carboxylic acids is 1. The standard InChI is InChI=1S/C27H51NO2.ClH/c1-5-8-9-10-11-12-13-14-15-16-17-18-19-20-21-22-26(25-27(29)30)28(4,23-6-2)24-7-3;/h6-7,26H,2-3,5,8-25H2,1,4H3;1H. The van der Waals surface area contributed by atoms with Gasteiger partial charge in [-0.25, -0.2) is 0 Å². The van der Waals surface area contributed by atoms with Gasteiger partial charge >= 0.3 is 5.97 Å². The van der Waals surface area contributed by atoms with Crippen molar-refractivity contribution in [2.45, 2.75) is 122 Å². The molecule has 0 saturated carbocycles. The van der Waals surface area contributed by atoms with Crippen molar-refractivity contribution in [2.24, 2.45) is 0 Å². The molecule has 0 fully saturated rings. The predicted octanol–water partition coefficient (Wildman–Crippen LogP) is 4.91. The fraction of sp³-hybridized carbons (Fsp3) is 0.815. The Bertz CT molecular complexity index is 429. The molecular weight excluding hydrogens is 406 g/mol. The van der Waals surface area contributed by atoms with Crippen molar-refractivity contribution in [1.29, 1.82) is 0 Å². The molecule has 0 rings (SSSR count). The maximum Gasteiger partial charge on any atom is 0.309 e. The van der Waals surface area contributed by atoms with Gasteiger partial charge in [0.25, 0.3) is 0 Å². The van der Waals surface area contributed by atoms with Crippen LogP contribution >= 0.6 is 0 Å². The van der Waals surface area contributed by atoms with Gasteiger partial charge in [-0.05, 0) is 18.6 Å². The summed E-state index contributed by atoms with van der Waals surface area (Å²) in [7, 11) is 2.14. The van der Waals surface area contributed by atoms with Crippen molar-refractivity contribution in [3.63, 3.8) is 0 Å². The van der Waals surface area contributed by atoms with Crippen LogP contribution in [0, 0.1) is 0 Å². The molecule has 1 N–H and O–H groups in total. The first-order valence-corrected chi connectivity index (χ1v) is 12.8. The summed E-state index contributed by atoms with van der Waals surface area (Å²) >= 11 is 0. The predicted molar refractivity (Wildman–Crippen MR) is 132 cm³/mol. The molecule has 0 aliphatic heterocycles. The van der Waals surface area contributed by atoms with Crippen LogP contribution in [-0.4, -0.2) is 41.7 Å². The Kier molecular flexibility index (Phi) is 23.4. The third kappa shape index (κ3) is 18.5. The van der Waals surface area contributed by atoms with E-state index in [1.165, 1.54) is 89.9 Å². The van der Waals surface area contributed by atoms with Crippen LogP contribution in [0.15, 0.2) is 25.3 Å². The van der Waals surface area contributed by atoms with Gasteiger partial charge in [-0.2, -0.15) is 0 Å². The first-order valence-electron chi connectivity index (χ1n) is 12.8. The van der Waals surface area contributed by atoms with E-state index >= 15 is 0 Å². The van der Waals surface area contributed by atoms with Crippen molar-refractivity contribution in [3.8, 4) is 0 Å². The first kappa shape index (κ1) is 32.4. The molecule has 31 heavy (non-hydrogen) atoms. The van der Waals surface area contributed by atoms with Crippen molar-refractivity contribution < 1.29 is 26.8 Å². The molecule has 184 valence electrons. The third-order valence-corrected chi connectivity index (χ3v) is 6.53. The maximum atomic E-state index is 11.4. The summed E-state index contributed by atoms with van der Waals surface area (Å²) < 4.78 is 0.706. The van der Waals surface area contributed by atoms with Gasteiger partial charge in [0.15, 0.2) is 0 Å². The minimum absolute atomic E-state index is 0. The van der Waals surface area contributed by atoms with E-state index < -0.39 is 5.97 Å². The van der Waals surface area contributed by atoms with E-state index in [0.717, 1.165) is 25.9 Å². The average molecular weight is 458 g/mol. The molecule has 0 radical (unpaired) electrons. The highest BCUT2D eigenvalue weighted by Gasteiger charge is 2.31. The zero-order chi connectivity index (χ0) is 22.5. The van der Waals surface area contributed by atoms with Crippen LogP contribution in [0.1, 0.15) is 116 Å². The van der Waals surface area contributed by atoms with Crippen LogP contribution in [0.3, 0.4) is 0 Å². The van der Waals surface area contributed by atoms with Gasteiger partial charge < -0.3 is 22.0 Å². The zero-order valence-corrected chi connectivity index (χ0v) is 21.5. The summed E-state index contributed by atoms with van der Waals surface area (Å²) in [5.41, 5.74) is 0. The molecule has 0 saturated heterocycles. The number of likely N-dealkylation sites (N-methyl/N-ethyl adjacent to an activating group) is 1. The van der Waals surface area contributed by atoms with E-state index in [1.807, 2.05) is 12.2 Å². The van der Waals surface area contributed by atoms with E-state index in [2.05, 4.69) is 27.1 Å². The number of carboxylic acid groups (broad SMARTS) is 1. The smallest absolute Gasteiger partial charge is 0.309 e. The molecule has 0 aliphatic rings. The number of nitrogens with zero attached hydrogens (tertiary/aromatic N) is 1. The molecular formula is C27H52ClNO2. The summed E-state index contributed by atoms with van der Waals surface area (Å²) in [6.45, 7) is 11.6. The lowest BCUT2D eigenvalue weighted by Gasteiger charge is -2.40. The molecule has 0 aliphatic carbocycles. The summed E-state index contributed by atoms with van der Waals surface area (Å²) in [4.78, 5) is 11.4. The van der Waals surface area contributed by atoms with E-state index in [9.17, 15) is 9.90 Å². The lowest BCUT2D eigenvalue weighted by atomic mass is 9.99. The van der Waals surface area contributed by atoms with Gasteiger partial charge in [0.1, 0.15) is 0 Å². The summed E-state index contributed by atoms with van der Waals surface area (Å²) in [6.07, 6.45) is 25.4. The number of hydrogen-bond donors (Lipinski definition) is 1. The second kappa shape index (κ2) is 22.4. The second-order valence-electron chi connectivity index (χ2n) is 9.41. The van der Waals surface area contributed by atoms with Gasteiger partial charge in [0.2, 0.25) is 0 Å². The zero-order valence-electron chi connectivity index (χ0n) is 20.8. The molecule has 0 spiro atoms. The van der Waals surface area contributed by atoms with Crippen molar-refractivity contribution in [3.05, 3.63) is 25.3 Å². The topological polar surface area (TPSA) is 37.3 Å². The Labute approximate surface area is 200 Å². The Morgan fingerprint density at radius 1 is 0.774 bits per heavy atom. The van der Waals surface area contributed by atoms with Gasteiger partial charge in [0, 0.05) is 6.42 Å². The number of hydrogen-bond acceptors (Lipinski definition) is 1. The van der Waals surface area contributed by atoms with Crippen LogP contribution < -0.4 is 12.4 Å². The molecule has 0 aromatic carbocycles. The number of quaternary nitrogens is 1. The van der Waals surface area contributed by atoms with E-state index in [-0.39, 0.29) is 24.9 Å². The largest absolute Gasteiger partial charge is 1.00 e. The molecule has 0 aromatic rings. The third-order valence-electron chi connectivity index (χ3n) is 6.53. The maximum absolute atomic E-state index is 11.4. The highest BCUT2D eigenvalue weighted by atomic mass is 35.5. The Balaban J connectivity index is 0. The second-order valence-corrected chi connectivity index (χ2v) is 9.41. The molecule has 0 heterocycles. The van der Waals surface area contributed by atoms with E-state index in [0.29, 0.717) is 4.48 Å². The Morgan fingerprint density at radius 2 is 1.13 bits per heavy atom. The fourth-order valence-corrected chi connectivity index (χ4v) is 4.55. The van der Waals surface area contributed by atoms with E-state index in [1.54, 1.807) is 0 Å². The molecule has 0 amide bonds. The molecule has 3 nitrogen and oxygen atoms in total. The molecule has 1 unspecified atom stereocenters. The highest BCUT2D eigenvalue weighted by Crippen LogP contribution is 2.21. The molecule has 1 atom stereocenters. The SMILES string of the molecule is C=CC[N+](C)(CC=C)C(CCCCCCCCCCCCCCCCC)CC(=O)O.[Cl-]. The lowest BCUT2D eigenvalue weighted by molar-refractivity contribution is -0.922. The monoisotopic (exact) mass is 457 g/mol. The van der Waals surface area contributed by atoms with Gasteiger partial charge in [-0.3, -0.25) is 4.79 Å². The van der Waals surface area contributed by atoms with Crippen LogP contribution in [0.2, 0.25) is 0 Å².